The third kappa shape index (κ3) is 6.70. The molecule has 0 aliphatic carbocycles. The molecule has 0 saturated carbocycles. The van der Waals surface area contributed by atoms with Gasteiger partial charge in [-0.15, -0.1) is 0 Å². The van der Waals surface area contributed by atoms with E-state index in [9.17, 15) is 9.59 Å². The zero-order chi connectivity index (χ0) is 14.8. The number of nitrogens with two attached hydrogens (primary N) is 1. The predicted octanol–water partition coefficient (Wildman–Crippen LogP) is 1.40. The molecular weight excluding hydrogens is 256 g/mol. The second-order valence-electron chi connectivity index (χ2n) is 4.48. The summed E-state index contributed by atoms with van der Waals surface area (Å²) < 4.78 is 0. The standard InChI is InChI=1S/C15H20N2O3/c16-13(15(19)20)8-4-5-11-17-14(18)10-9-12-6-2-1-3-7-12/h1-3,6-7,9-10,13H,4-5,8,11,16H2,(H,17,18)(H,19,20)/t13-/m0/s1. The number of carboxylic acids is 1. The molecule has 108 valence electrons. The van der Waals surface area contributed by atoms with Crippen LogP contribution in [0.3, 0.4) is 0 Å². The van der Waals surface area contributed by atoms with E-state index in [4.69, 9.17) is 10.8 Å². The summed E-state index contributed by atoms with van der Waals surface area (Å²) in [6.07, 6.45) is 5.04. The Balaban J connectivity index is 2.15. The van der Waals surface area contributed by atoms with Gasteiger partial charge in [0.05, 0.1) is 0 Å². The summed E-state index contributed by atoms with van der Waals surface area (Å²) in [7, 11) is 0. The van der Waals surface area contributed by atoms with Crippen molar-refractivity contribution in [2.24, 2.45) is 5.73 Å². The van der Waals surface area contributed by atoms with Crippen LogP contribution in [0.2, 0.25) is 0 Å². The van der Waals surface area contributed by atoms with Gasteiger partial charge in [-0.1, -0.05) is 30.3 Å². The molecule has 0 aromatic heterocycles. The number of hydrogen-bond acceptors (Lipinski definition) is 3. The van der Waals surface area contributed by atoms with Crippen LogP contribution < -0.4 is 11.1 Å². The van der Waals surface area contributed by atoms with Gasteiger partial charge < -0.3 is 16.2 Å². The normalized spacial score (nSPS) is 12.2. The van der Waals surface area contributed by atoms with Crippen LogP contribution >= 0.6 is 0 Å². The first-order valence-corrected chi connectivity index (χ1v) is 6.59. The van der Waals surface area contributed by atoms with Crippen LogP contribution in [0.5, 0.6) is 0 Å². The molecule has 0 saturated heterocycles. The van der Waals surface area contributed by atoms with Gasteiger partial charge in [0.1, 0.15) is 6.04 Å². The van der Waals surface area contributed by atoms with E-state index in [1.807, 2.05) is 30.3 Å². The minimum atomic E-state index is -0.986. The highest BCUT2D eigenvalue weighted by molar-refractivity contribution is 5.91. The molecule has 1 atom stereocenters. The van der Waals surface area contributed by atoms with E-state index in [1.54, 1.807) is 6.08 Å². The molecule has 0 bridgehead atoms. The molecule has 5 heteroatoms. The second kappa shape index (κ2) is 8.87. The highest BCUT2D eigenvalue weighted by atomic mass is 16.4. The van der Waals surface area contributed by atoms with Crippen LogP contribution in [-0.2, 0) is 9.59 Å². The first-order valence-electron chi connectivity index (χ1n) is 6.59. The van der Waals surface area contributed by atoms with E-state index < -0.39 is 12.0 Å². The van der Waals surface area contributed by atoms with Crippen molar-refractivity contribution in [2.45, 2.75) is 25.3 Å². The lowest BCUT2D eigenvalue weighted by atomic mass is 10.1. The van der Waals surface area contributed by atoms with E-state index in [0.717, 1.165) is 5.56 Å². The van der Waals surface area contributed by atoms with E-state index in [1.165, 1.54) is 6.08 Å². The van der Waals surface area contributed by atoms with E-state index in [-0.39, 0.29) is 5.91 Å². The number of nitrogens with one attached hydrogen (secondary N) is 1. The number of unbranched alkanes of at least 4 members (excludes halogenated alkanes) is 1. The van der Waals surface area contributed by atoms with Gasteiger partial charge in [0.15, 0.2) is 0 Å². The van der Waals surface area contributed by atoms with Crippen LogP contribution in [0.4, 0.5) is 0 Å². The third-order valence-corrected chi connectivity index (χ3v) is 2.79. The molecule has 5 nitrogen and oxygen atoms in total. The fourth-order valence-electron chi connectivity index (χ4n) is 1.62. The third-order valence-electron chi connectivity index (χ3n) is 2.79. The van der Waals surface area contributed by atoms with Crippen LogP contribution in [0, 0.1) is 0 Å². The summed E-state index contributed by atoms with van der Waals surface area (Å²) in [6.45, 7) is 0.518. The quantitative estimate of drug-likeness (QED) is 0.494. The van der Waals surface area contributed by atoms with Crippen LogP contribution in [0.1, 0.15) is 24.8 Å². The number of aliphatic carboxylic acids is 1. The van der Waals surface area contributed by atoms with E-state index in [0.29, 0.717) is 25.8 Å². The fourth-order valence-corrected chi connectivity index (χ4v) is 1.62. The van der Waals surface area contributed by atoms with Gasteiger partial charge in [-0.3, -0.25) is 9.59 Å². The number of rotatable bonds is 8. The Labute approximate surface area is 118 Å². The molecule has 1 rings (SSSR count). The van der Waals surface area contributed by atoms with Crippen LogP contribution in [-0.4, -0.2) is 29.6 Å². The maximum Gasteiger partial charge on any atom is 0.320 e. The molecule has 1 aromatic carbocycles. The lowest BCUT2D eigenvalue weighted by molar-refractivity contribution is -0.138. The second-order valence-corrected chi connectivity index (χ2v) is 4.48. The lowest BCUT2D eigenvalue weighted by Gasteiger charge is -2.06. The van der Waals surface area contributed by atoms with Crippen molar-refractivity contribution >= 4 is 18.0 Å². The first-order chi connectivity index (χ1) is 9.59. The number of carbonyl (C=O) groups is 2. The van der Waals surface area contributed by atoms with Gasteiger partial charge in [0.2, 0.25) is 5.91 Å². The minimum Gasteiger partial charge on any atom is -0.480 e. The summed E-state index contributed by atoms with van der Waals surface area (Å²) in [5.41, 5.74) is 6.34. The topological polar surface area (TPSA) is 92.4 Å². The van der Waals surface area contributed by atoms with Crippen LogP contribution in [0.25, 0.3) is 6.08 Å². The Hall–Kier alpha value is -2.14. The Morgan fingerprint density at radius 2 is 1.95 bits per heavy atom. The zero-order valence-corrected chi connectivity index (χ0v) is 11.3. The number of amides is 1. The summed E-state index contributed by atoms with van der Waals surface area (Å²) >= 11 is 0. The highest BCUT2D eigenvalue weighted by Gasteiger charge is 2.09. The van der Waals surface area contributed by atoms with Crippen molar-refractivity contribution < 1.29 is 14.7 Å². The maximum absolute atomic E-state index is 11.5. The van der Waals surface area contributed by atoms with Gasteiger partial charge in [-0.2, -0.15) is 0 Å². The zero-order valence-electron chi connectivity index (χ0n) is 11.3. The molecule has 0 aliphatic rings. The van der Waals surface area contributed by atoms with Gasteiger partial charge in [0.25, 0.3) is 0 Å². The van der Waals surface area contributed by atoms with Gasteiger partial charge >= 0.3 is 5.97 Å². The van der Waals surface area contributed by atoms with Crippen molar-refractivity contribution in [1.82, 2.24) is 5.32 Å². The molecule has 0 fully saturated rings. The molecule has 0 aliphatic heterocycles. The molecule has 0 radical (unpaired) electrons. The number of hydrogen-bond donors (Lipinski definition) is 3. The molecule has 0 unspecified atom stereocenters. The molecule has 1 amide bonds. The van der Waals surface area contributed by atoms with Crippen molar-refractivity contribution in [2.75, 3.05) is 6.54 Å². The number of carbonyl (C=O) groups excluding carboxylic acids is 1. The summed E-state index contributed by atoms with van der Waals surface area (Å²) in [5, 5.41) is 11.3. The molecule has 20 heavy (non-hydrogen) atoms. The summed E-state index contributed by atoms with van der Waals surface area (Å²) in [4.78, 5) is 22.0. The van der Waals surface area contributed by atoms with E-state index >= 15 is 0 Å². The molecule has 0 heterocycles. The summed E-state index contributed by atoms with van der Waals surface area (Å²) in [6, 6.07) is 8.74. The Bertz CT molecular complexity index is 457. The van der Waals surface area contributed by atoms with Crippen molar-refractivity contribution in [3.63, 3.8) is 0 Å². The number of benzene rings is 1. The monoisotopic (exact) mass is 276 g/mol. The molecule has 4 N–H and O–H groups in total. The predicted molar refractivity (Wildman–Crippen MR) is 77.9 cm³/mol. The van der Waals surface area contributed by atoms with Gasteiger partial charge in [0, 0.05) is 12.6 Å². The maximum atomic E-state index is 11.5. The van der Waals surface area contributed by atoms with Crippen molar-refractivity contribution in [3.8, 4) is 0 Å². The van der Waals surface area contributed by atoms with E-state index in [2.05, 4.69) is 5.32 Å². The number of carboxylic acid groups (broad SMARTS) is 1. The van der Waals surface area contributed by atoms with Gasteiger partial charge in [-0.25, -0.2) is 0 Å². The van der Waals surface area contributed by atoms with Crippen LogP contribution in [0.15, 0.2) is 36.4 Å². The fraction of sp³-hybridized carbons (Fsp3) is 0.333. The lowest BCUT2D eigenvalue weighted by Crippen LogP contribution is -2.30. The Morgan fingerprint density at radius 1 is 1.25 bits per heavy atom. The molecule has 1 aromatic rings. The van der Waals surface area contributed by atoms with Gasteiger partial charge in [-0.05, 0) is 30.9 Å². The van der Waals surface area contributed by atoms with Crippen molar-refractivity contribution in [3.05, 3.63) is 42.0 Å². The average molecular weight is 276 g/mol. The average Bonchev–Trinajstić information content (AvgIpc) is 2.45. The largest absolute Gasteiger partial charge is 0.480 e. The Kier molecular flexibility index (Phi) is 7.06. The summed E-state index contributed by atoms with van der Waals surface area (Å²) in [5.74, 6) is -1.14. The molecule has 0 spiro atoms. The Morgan fingerprint density at radius 3 is 2.60 bits per heavy atom. The highest BCUT2D eigenvalue weighted by Crippen LogP contribution is 2.01. The molecular formula is C15H20N2O3. The smallest absolute Gasteiger partial charge is 0.320 e. The first kappa shape index (κ1) is 15.9. The minimum absolute atomic E-state index is 0.156. The van der Waals surface area contributed by atoms with Crippen molar-refractivity contribution in [1.29, 1.82) is 0 Å². The SMILES string of the molecule is N[C@@H](CCCCNC(=O)C=Cc1ccccc1)C(=O)O.